The third-order valence-electron chi connectivity index (χ3n) is 6.75. The van der Waals surface area contributed by atoms with Gasteiger partial charge in [-0.1, -0.05) is 42.1 Å². The number of hydrogen-bond acceptors (Lipinski definition) is 9. The Kier molecular flexibility index (Phi) is 8.24. The first-order valence-corrected chi connectivity index (χ1v) is 15.3. The predicted molar refractivity (Wildman–Crippen MR) is 162 cm³/mol. The van der Waals surface area contributed by atoms with Gasteiger partial charge in [0.15, 0.2) is 11.0 Å². The van der Waals surface area contributed by atoms with Gasteiger partial charge in [-0.25, -0.2) is 4.98 Å². The minimum absolute atomic E-state index is 0.0253. The second-order valence-corrected chi connectivity index (χ2v) is 11.2. The molecule has 0 saturated carbocycles. The summed E-state index contributed by atoms with van der Waals surface area (Å²) in [5.41, 5.74) is 3.48. The van der Waals surface area contributed by atoms with Crippen LogP contribution in [-0.4, -0.2) is 68.3 Å². The molecule has 3 aromatic heterocycles. The molecule has 0 N–H and O–H groups in total. The summed E-state index contributed by atoms with van der Waals surface area (Å²) in [7, 11) is 0. The third kappa shape index (κ3) is 5.96. The summed E-state index contributed by atoms with van der Waals surface area (Å²) in [6, 6.07) is 22.0. The Hall–Kier alpha value is -4.22. The zero-order chi connectivity index (χ0) is 28.0. The van der Waals surface area contributed by atoms with Crippen LogP contribution in [0.25, 0.3) is 17.1 Å². The van der Waals surface area contributed by atoms with Crippen LogP contribution in [0.4, 0.5) is 5.69 Å². The maximum atomic E-state index is 13.3. The molecule has 6 rings (SSSR count). The molecule has 0 spiro atoms. The molecule has 0 atom stereocenters. The third-order valence-corrected chi connectivity index (χ3v) is 8.73. The van der Waals surface area contributed by atoms with Crippen molar-refractivity contribution in [3.8, 4) is 22.8 Å². The Morgan fingerprint density at radius 3 is 2.49 bits per heavy atom. The van der Waals surface area contributed by atoms with Crippen LogP contribution >= 0.6 is 23.1 Å². The zero-order valence-electron chi connectivity index (χ0n) is 22.6. The number of aromatic nitrogens is 5. The highest BCUT2D eigenvalue weighted by Gasteiger charge is 2.25. The number of para-hydroxylation sites is 3. The lowest BCUT2D eigenvalue weighted by molar-refractivity contribution is 0.0741. The first-order valence-electron chi connectivity index (χ1n) is 13.5. The molecule has 208 valence electrons. The van der Waals surface area contributed by atoms with E-state index >= 15 is 0 Å². The molecule has 0 radical (unpaired) electrons. The zero-order valence-corrected chi connectivity index (χ0v) is 24.2. The molecule has 2 aromatic carbocycles. The Morgan fingerprint density at radius 1 is 0.951 bits per heavy atom. The first-order chi connectivity index (χ1) is 20.2. The Labute approximate surface area is 246 Å². The lowest BCUT2D eigenvalue weighted by Gasteiger charge is -2.36. The highest BCUT2D eigenvalue weighted by atomic mass is 32.2. The topological polar surface area (TPSA) is 89.3 Å². The van der Waals surface area contributed by atoms with Crippen molar-refractivity contribution in [3.05, 3.63) is 95.2 Å². The maximum absolute atomic E-state index is 13.3. The van der Waals surface area contributed by atoms with Crippen molar-refractivity contribution in [2.24, 2.45) is 0 Å². The van der Waals surface area contributed by atoms with E-state index in [0.29, 0.717) is 31.1 Å². The van der Waals surface area contributed by atoms with Gasteiger partial charge in [0, 0.05) is 55.2 Å². The van der Waals surface area contributed by atoms with E-state index in [-0.39, 0.29) is 5.91 Å². The van der Waals surface area contributed by atoms with Crippen molar-refractivity contribution in [3.63, 3.8) is 0 Å². The Bertz CT molecular complexity index is 1600. The quantitative estimate of drug-likeness (QED) is 0.212. The van der Waals surface area contributed by atoms with Gasteiger partial charge in [0.1, 0.15) is 16.5 Å². The van der Waals surface area contributed by atoms with Gasteiger partial charge in [-0.05, 0) is 43.3 Å². The van der Waals surface area contributed by atoms with E-state index in [1.54, 1.807) is 24.2 Å². The minimum atomic E-state index is -0.0253. The van der Waals surface area contributed by atoms with E-state index in [1.165, 1.54) is 11.3 Å². The molecule has 1 fully saturated rings. The smallest absolute Gasteiger partial charge is 0.273 e. The SMILES string of the molecule is CCOc1ccccc1N1CCN(C(=O)c2csc(CSc3nnc(-c4ccncc4)n3-c3ccccc3)n2)CC1. The van der Waals surface area contributed by atoms with Gasteiger partial charge in [0.05, 0.1) is 18.0 Å². The van der Waals surface area contributed by atoms with Crippen LogP contribution in [0.15, 0.2) is 89.7 Å². The summed E-state index contributed by atoms with van der Waals surface area (Å²) in [6.07, 6.45) is 3.50. The number of piperazine rings is 1. The summed E-state index contributed by atoms with van der Waals surface area (Å²) in [5, 5.41) is 12.5. The minimum Gasteiger partial charge on any atom is -0.492 e. The first kappa shape index (κ1) is 27.0. The van der Waals surface area contributed by atoms with Crippen LogP contribution < -0.4 is 9.64 Å². The van der Waals surface area contributed by atoms with Crippen molar-refractivity contribution in [1.82, 2.24) is 29.6 Å². The largest absolute Gasteiger partial charge is 0.492 e. The van der Waals surface area contributed by atoms with Crippen molar-refractivity contribution in [2.45, 2.75) is 17.8 Å². The lowest BCUT2D eigenvalue weighted by Crippen LogP contribution is -2.49. The van der Waals surface area contributed by atoms with Crippen molar-refractivity contribution >= 4 is 34.7 Å². The molecule has 1 aliphatic rings. The van der Waals surface area contributed by atoms with Crippen LogP contribution in [0.2, 0.25) is 0 Å². The summed E-state index contributed by atoms with van der Waals surface area (Å²) >= 11 is 3.05. The Balaban J connectivity index is 1.12. The van der Waals surface area contributed by atoms with Crippen LogP contribution in [0.1, 0.15) is 22.4 Å². The van der Waals surface area contributed by atoms with Crippen molar-refractivity contribution < 1.29 is 9.53 Å². The fourth-order valence-corrected chi connectivity index (χ4v) is 6.51. The van der Waals surface area contributed by atoms with Crippen molar-refractivity contribution in [2.75, 3.05) is 37.7 Å². The molecule has 11 heteroatoms. The lowest BCUT2D eigenvalue weighted by atomic mass is 10.2. The van der Waals surface area contributed by atoms with Crippen LogP contribution in [0, 0.1) is 0 Å². The van der Waals surface area contributed by atoms with E-state index in [4.69, 9.17) is 9.72 Å². The molecule has 0 bridgehead atoms. The molecule has 0 aliphatic carbocycles. The maximum Gasteiger partial charge on any atom is 0.273 e. The number of anilines is 1. The summed E-state index contributed by atoms with van der Waals surface area (Å²) in [6.45, 7) is 5.38. The number of nitrogens with zero attached hydrogens (tertiary/aromatic N) is 7. The van der Waals surface area contributed by atoms with Gasteiger partial charge >= 0.3 is 0 Å². The van der Waals surface area contributed by atoms with Gasteiger partial charge < -0.3 is 14.5 Å². The average molecular weight is 584 g/mol. The number of thioether (sulfide) groups is 1. The van der Waals surface area contributed by atoms with E-state index in [9.17, 15) is 4.79 Å². The molecule has 1 saturated heterocycles. The van der Waals surface area contributed by atoms with E-state index in [2.05, 4.69) is 26.1 Å². The van der Waals surface area contributed by atoms with Gasteiger partial charge in [0.25, 0.3) is 5.91 Å². The monoisotopic (exact) mass is 583 g/mol. The molecular weight excluding hydrogens is 555 g/mol. The molecule has 41 heavy (non-hydrogen) atoms. The number of carbonyl (C=O) groups excluding carboxylic acids is 1. The second kappa shape index (κ2) is 12.5. The predicted octanol–water partition coefficient (Wildman–Crippen LogP) is 5.44. The highest BCUT2D eigenvalue weighted by molar-refractivity contribution is 7.98. The molecule has 1 amide bonds. The van der Waals surface area contributed by atoms with E-state index in [1.807, 2.05) is 82.4 Å². The standard InChI is InChI=1S/C30H29N7O2S2/c1-2-39-26-11-7-6-10-25(26)35-16-18-36(19-17-35)29(38)24-20-40-27(32-24)21-41-30-34-33-28(22-12-14-31-15-13-22)37(30)23-8-4-3-5-9-23/h3-15,20H,2,16-19,21H2,1H3. The fraction of sp³-hybridized carbons (Fsp3) is 0.233. The normalized spacial score (nSPS) is 13.4. The Morgan fingerprint density at radius 2 is 1.71 bits per heavy atom. The van der Waals surface area contributed by atoms with E-state index in [0.717, 1.165) is 51.8 Å². The number of thiazole rings is 1. The van der Waals surface area contributed by atoms with E-state index < -0.39 is 0 Å². The molecule has 1 aliphatic heterocycles. The van der Waals surface area contributed by atoms with Gasteiger partial charge in [-0.2, -0.15) is 0 Å². The molecule has 5 aromatic rings. The molecule has 9 nitrogen and oxygen atoms in total. The number of ether oxygens (including phenoxy) is 1. The summed E-state index contributed by atoms with van der Waals surface area (Å²) in [5.74, 6) is 2.19. The van der Waals surface area contributed by atoms with Crippen LogP contribution in [0.5, 0.6) is 5.75 Å². The highest BCUT2D eigenvalue weighted by Crippen LogP contribution is 2.31. The second-order valence-electron chi connectivity index (χ2n) is 9.31. The number of rotatable bonds is 9. The number of pyridine rings is 1. The summed E-state index contributed by atoms with van der Waals surface area (Å²) < 4.78 is 7.85. The number of hydrogen-bond donors (Lipinski definition) is 0. The van der Waals surface area contributed by atoms with Gasteiger partial charge in [0.2, 0.25) is 0 Å². The number of benzene rings is 2. The molecular formula is C30H29N7O2S2. The summed E-state index contributed by atoms with van der Waals surface area (Å²) in [4.78, 5) is 26.3. The van der Waals surface area contributed by atoms with Crippen LogP contribution in [-0.2, 0) is 5.75 Å². The number of amides is 1. The molecule has 4 heterocycles. The van der Waals surface area contributed by atoms with Gasteiger partial charge in [-0.3, -0.25) is 14.3 Å². The molecule has 0 unspecified atom stereocenters. The van der Waals surface area contributed by atoms with Gasteiger partial charge in [-0.15, -0.1) is 21.5 Å². The van der Waals surface area contributed by atoms with Crippen molar-refractivity contribution in [1.29, 1.82) is 0 Å². The number of carbonyl (C=O) groups is 1. The fourth-order valence-electron chi connectivity index (χ4n) is 4.77. The van der Waals surface area contributed by atoms with Crippen LogP contribution in [0.3, 0.4) is 0 Å². The average Bonchev–Trinajstić information content (AvgIpc) is 3.69.